The topological polar surface area (TPSA) is 41.0 Å². The van der Waals surface area contributed by atoms with Crippen molar-refractivity contribution in [3.8, 4) is 0 Å². The van der Waals surface area contributed by atoms with E-state index in [0.29, 0.717) is 5.41 Å². The highest BCUT2D eigenvalue weighted by molar-refractivity contribution is 5.50. The van der Waals surface area contributed by atoms with Crippen molar-refractivity contribution in [1.82, 2.24) is 9.97 Å². The summed E-state index contributed by atoms with van der Waals surface area (Å²) < 4.78 is 0. The van der Waals surface area contributed by atoms with Crippen molar-refractivity contribution in [1.29, 1.82) is 0 Å². The molecule has 1 aliphatic rings. The average Bonchev–Trinajstić information content (AvgIpc) is 2.66. The van der Waals surface area contributed by atoms with Crippen LogP contribution in [0.15, 0.2) is 6.07 Å². The van der Waals surface area contributed by atoms with Gasteiger partial charge < -0.3 is 10.2 Å². The van der Waals surface area contributed by atoms with Crippen LogP contribution in [0.5, 0.6) is 0 Å². The molecule has 0 aromatic carbocycles. The molecule has 0 amide bonds. The van der Waals surface area contributed by atoms with E-state index in [9.17, 15) is 0 Å². The van der Waals surface area contributed by atoms with Gasteiger partial charge in [0, 0.05) is 25.7 Å². The van der Waals surface area contributed by atoms with Gasteiger partial charge >= 0.3 is 0 Å². The van der Waals surface area contributed by atoms with Crippen LogP contribution in [-0.4, -0.2) is 29.6 Å². The highest BCUT2D eigenvalue weighted by atomic mass is 15.2. The van der Waals surface area contributed by atoms with Gasteiger partial charge in [-0.15, -0.1) is 0 Å². The van der Waals surface area contributed by atoms with E-state index >= 15 is 0 Å². The van der Waals surface area contributed by atoms with Crippen molar-refractivity contribution in [2.75, 3.05) is 29.9 Å². The zero-order valence-corrected chi connectivity index (χ0v) is 12.0. The Bertz CT molecular complexity index is 414. The molecule has 1 aromatic rings. The molecule has 2 heterocycles. The molecule has 1 N–H and O–H groups in total. The van der Waals surface area contributed by atoms with E-state index in [4.69, 9.17) is 0 Å². The van der Waals surface area contributed by atoms with Gasteiger partial charge in [0.2, 0.25) is 0 Å². The van der Waals surface area contributed by atoms with Crippen LogP contribution in [0.4, 0.5) is 11.6 Å². The molecule has 0 radical (unpaired) electrons. The number of nitrogens with one attached hydrogen (secondary N) is 1. The molecular weight excluding hydrogens is 224 g/mol. The Morgan fingerprint density at radius 2 is 2.17 bits per heavy atom. The summed E-state index contributed by atoms with van der Waals surface area (Å²) in [6.45, 7) is 11.9. The van der Waals surface area contributed by atoms with Crippen molar-refractivity contribution in [3.05, 3.63) is 11.9 Å². The lowest BCUT2D eigenvalue weighted by molar-refractivity contribution is 0.418. The molecule has 18 heavy (non-hydrogen) atoms. The molecule has 2 rings (SSSR count). The molecule has 1 aliphatic heterocycles. The van der Waals surface area contributed by atoms with Crippen molar-refractivity contribution < 1.29 is 0 Å². The van der Waals surface area contributed by atoms with E-state index in [1.54, 1.807) is 0 Å². The van der Waals surface area contributed by atoms with Gasteiger partial charge in [-0.1, -0.05) is 20.8 Å². The van der Waals surface area contributed by atoms with Crippen LogP contribution in [0.3, 0.4) is 0 Å². The summed E-state index contributed by atoms with van der Waals surface area (Å²) in [5, 5.41) is 3.34. The highest BCUT2D eigenvalue weighted by Crippen LogP contribution is 2.32. The molecule has 0 unspecified atom stereocenters. The number of aryl methyl sites for hydroxylation is 1. The molecule has 0 atom stereocenters. The maximum Gasteiger partial charge on any atom is 0.134 e. The molecule has 1 fully saturated rings. The molecule has 0 bridgehead atoms. The van der Waals surface area contributed by atoms with Crippen molar-refractivity contribution in [3.63, 3.8) is 0 Å². The zero-order chi connectivity index (χ0) is 13.2. The zero-order valence-electron chi connectivity index (χ0n) is 12.0. The minimum Gasteiger partial charge on any atom is -0.370 e. The lowest BCUT2D eigenvalue weighted by Crippen LogP contribution is -2.24. The van der Waals surface area contributed by atoms with E-state index in [2.05, 4.69) is 47.0 Å². The van der Waals surface area contributed by atoms with Gasteiger partial charge in [0.05, 0.1) is 0 Å². The Kier molecular flexibility index (Phi) is 3.73. The molecule has 0 aliphatic carbocycles. The first-order valence-corrected chi connectivity index (χ1v) is 6.85. The molecule has 4 heteroatoms. The lowest BCUT2D eigenvalue weighted by Gasteiger charge is -2.21. The van der Waals surface area contributed by atoms with Crippen LogP contribution >= 0.6 is 0 Å². The molecule has 0 saturated carbocycles. The Morgan fingerprint density at radius 3 is 2.78 bits per heavy atom. The first-order valence-electron chi connectivity index (χ1n) is 6.85. The van der Waals surface area contributed by atoms with Crippen LogP contribution in [0.2, 0.25) is 0 Å². The number of hydrogen-bond acceptors (Lipinski definition) is 4. The fourth-order valence-corrected chi connectivity index (χ4v) is 2.37. The summed E-state index contributed by atoms with van der Waals surface area (Å²) in [4.78, 5) is 11.4. The smallest absolute Gasteiger partial charge is 0.134 e. The Balaban J connectivity index is 2.15. The highest BCUT2D eigenvalue weighted by Gasteiger charge is 2.30. The molecule has 0 spiro atoms. The number of aromatic nitrogens is 2. The number of nitrogens with zero attached hydrogens (tertiary/aromatic N) is 3. The summed E-state index contributed by atoms with van der Waals surface area (Å²) >= 11 is 0. The first kappa shape index (κ1) is 13.1. The second-order valence-electron chi connectivity index (χ2n) is 5.92. The van der Waals surface area contributed by atoms with E-state index in [0.717, 1.165) is 43.5 Å². The summed E-state index contributed by atoms with van der Waals surface area (Å²) in [6.07, 6.45) is 2.34. The Morgan fingerprint density at radius 1 is 1.39 bits per heavy atom. The molecular formula is C14H24N4. The van der Waals surface area contributed by atoms with E-state index in [1.807, 2.05) is 6.92 Å². The molecule has 1 aromatic heterocycles. The quantitative estimate of drug-likeness (QED) is 0.889. The van der Waals surface area contributed by atoms with Crippen LogP contribution in [0.1, 0.15) is 39.4 Å². The normalized spacial score (nSPS) is 18.1. The minimum absolute atomic E-state index is 0.399. The molecule has 1 saturated heterocycles. The van der Waals surface area contributed by atoms with Gasteiger partial charge in [-0.25, -0.2) is 9.97 Å². The van der Waals surface area contributed by atoms with Crippen molar-refractivity contribution in [2.45, 2.75) is 40.5 Å². The third-order valence-corrected chi connectivity index (χ3v) is 3.38. The third-order valence-electron chi connectivity index (χ3n) is 3.38. The van der Waals surface area contributed by atoms with Gasteiger partial charge in [0.1, 0.15) is 17.5 Å². The SMILES string of the molecule is CCCNc1cc(N2CCC(C)(C)C2)nc(C)n1. The molecule has 4 nitrogen and oxygen atoms in total. The summed E-state index contributed by atoms with van der Waals surface area (Å²) in [5.74, 6) is 2.85. The summed E-state index contributed by atoms with van der Waals surface area (Å²) in [7, 11) is 0. The largest absolute Gasteiger partial charge is 0.370 e. The summed E-state index contributed by atoms with van der Waals surface area (Å²) in [5.41, 5.74) is 0.399. The lowest BCUT2D eigenvalue weighted by atomic mass is 9.93. The molecule has 100 valence electrons. The van der Waals surface area contributed by atoms with Gasteiger partial charge in [-0.3, -0.25) is 0 Å². The van der Waals surface area contributed by atoms with Gasteiger partial charge in [-0.05, 0) is 25.2 Å². The van der Waals surface area contributed by atoms with Crippen molar-refractivity contribution in [2.24, 2.45) is 5.41 Å². The average molecular weight is 248 g/mol. The van der Waals surface area contributed by atoms with Crippen LogP contribution in [0.25, 0.3) is 0 Å². The fraction of sp³-hybridized carbons (Fsp3) is 0.714. The van der Waals surface area contributed by atoms with Crippen molar-refractivity contribution >= 4 is 11.6 Å². The second-order valence-corrected chi connectivity index (χ2v) is 5.92. The fourth-order valence-electron chi connectivity index (χ4n) is 2.37. The Hall–Kier alpha value is -1.32. The minimum atomic E-state index is 0.399. The van der Waals surface area contributed by atoms with E-state index < -0.39 is 0 Å². The van der Waals surface area contributed by atoms with Gasteiger partial charge in [0.25, 0.3) is 0 Å². The maximum absolute atomic E-state index is 4.56. The Labute approximate surface area is 110 Å². The van der Waals surface area contributed by atoms with E-state index in [-0.39, 0.29) is 0 Å². The standard InChI is InChI=1S/C14H24N4/c1-5-7-15-12-9-13(17-11(2)16-12)18-8-6-14(3,4)10-18/h9H,5-8,10H2,1-4H3,(H,15,16,17). The number of hydrogen-bond donors (Lipinski definition) is 1. The van der Waals surface area contributed by atoms with Gasteiger partial charge in [0.15, 0.2) is 0 Å². The summed E-state index contributed by atoms with van der Waals surface area (Å²) in [6, 6.07) is 2.07. The van der Waals surface area contributed by atoms with Gasteiger partial charge in [-0.2, -0.15) is 0 Å². The van der Waals surface area contributed by atoms with Crippen LogP contribution in [-0.2, 0) is 0 Å². The first-order chi connectivity index (χ1) is 8.50. The number of rotatable bonds is 4. The van der Waals surface area contributed by atoms with Crippen LogP contribution in [0, 0.1) is 12.3 Å². The maximum atomic E-state index is 4.56. The number of anilines is 2. The van der Waals surface area contributed by atoms with Crippen LogP contribution < -0.4 is 10.2 Å². The predicted molar refractivity (Wildman–Crippen MR) is 76.2 cm³/mol. The van der Waals surface area contributed by atoms with E-state index in [1.165, 1.54) is 6.42 Å². The monoisotopic (exact) mass is 248 g/mol. The second kappa shape index (κ2) is 5.12. The third kappa shape index (κ3) is 3.12. The predicted octanol–water partition coefficient (Wildman–Crippen LogP) is 2.84.